The summed E-state index contributed by atoms with van der Waals surface area (Å²) in [4.78, 5) is 4.27. The van der Waals surface area contributed by atoms with Crippen LogP contribution in [0.15, 0.2) is 48.7 Å². The quantitative estimate of drug-likeness (QED) is 0.271. The number of benzene rings is 2. The number of aromatic nitrogens is 1. The van der Waals surface area contributed by atoms with Gasteiger partial charge in [-0.2, -0.15) is 69.8 Å². The van der Waals surface area contributed by atoms with E-state index in [9.17, 15) is 0 Å². The number of nitrogens with zero attached hydrogens (tertiary/aromatic N) is 1. The van der Waals surface area contributed by atoms with Gasteiger partial charge in [0, 0.05) is 0 Å². The van der Waals surface area contributed by atoms with E-state index in [0.29, 0.717) is 0 Å². The van der Waals surface area contributed by atoms with Crippen LogP contribution in [0.25, 0.3) is 0 Å². The maximum absolute atomic E-state index is 6.41. The third-order valence-electron chi connectivity index (χ3n) is 4.89. The molecule has 1 saturated heterocycles. The Morgan fingerprint density at radius 2 is 1.31 bits per heavy atom. The number of aryl methyl sites for hydroxylation is 7. The zero-order valence-electron chi connectivity index (χ0n) is 21.6. The van der Waals surface area contributed by atoms with Gasteiger partial charge < -0.3 is 0 Å². The van der Waals surface area contributed by atoms with Crippen LogP contribution in [0.1, 0.15) is 45.5 Å². The maximum atomic E-state index is 6.41. The molecule has 0 bridgehead atoms. The molecule has 3 aromatic rings. The summed E-state index contributed by atoms with van der Waals surface area (Å²) >= 11 is -2.77. The Balaban J connectivity index is 0.000000203. The van der Waals surface area contributed by atoms with Crippen LogP contribution in [0, 0.1) is 53.7 Å². The van der Waals surface area contributed by atoms with Crippen LogP contribution in [0.5, 0.6) is 0 Å². The van der Waals surface area contributed by atoms with Gasteiger partial charge in [0.2, 0.25) is 0 Å². The Hall–Kier alpha value is -1.55. The fourth-order valence-corrected chi connectivity index (χ4v) is 8.25. The second-order valence-electron chi connectivity index (χ2n) is 8.65. The van der Waals surface area contributed by atoms with Crippen molar-refractivity contribution in [2.24, 2.45) is 0 Å². The predicted octanol–water partition coefficient (Wildman–Crippen LogP) is 6.38. The first-order valence-corrected chi connectivity index (χ1v) is 18.0. The third-order valence-corrected chi connectivity index (χ3v) is 10.9. The minimum atomic E-state index is -2.77. The van der Waals surface area contributed by atoms with E-state index in [1.165, 1.54) is 33.4 Å². The van der Waals surface area contributed by atoms with Crippen molar-refractivity contribution in [1.29, 1.82) is 0 Å². The van der Waals surface area contributed by atoms with Gasteiger partial charge in [0.05, 0.1) is 0 Å². The minimum absolute atomic E-state index is 0.864. The van der Waals surface area contributed by atoms with Crippen LogP contribution in [-0.2, 0) is 18.3 Å². The number of hydrogen-bond acceptors (Lipinski definition) is 3. The van der Waals surface area contributed by atoms with Crippen molar-refractivity contribution in [3.8, 4) is 0 Å². The van der Waals surface area contributed by atoms with Gasteiger partial charge >= 0.3 is 112 Å². The number of nitrogens with one attached hydrogen (secondary N) is 2. The summed E-state index contributed by atoms with van der Waals surface area (Å²) in [6.07, 6.45) is 3.55. The Bertz CT molecular complexity index is 1050. The molecule has 0 aliphatic carbocycles. The SMILES string of the molecule is Cc1[c-]c(C)cc(C)c1.Cc1[c-]c(C)cc(C)c1.[Cl][Ru]([Cl])(=[CH]CCc1ccccn1)=[C]1NCCN1. The molecule has 1 aliphatic rings. The molecule has 2 aromatic carbocycles. The molecular weight excluding hydrogens is 562 g/mol. The zero-order valence-corrected chi connectivity index (χ0v) is 24.8. The van der Waals surface area contributed by atoms with Crippen LogP contribution in [0.2, 0.25) is 0 Å². The molecule has 35 heavy (non-hydrogen) atoms. The average molecular weight is 600 g/mol. The normalized spacial score (nSPS) is 13.3. The molecule has 192 valence electrons. The van der Waals surface area contributed by atoms with E-state index in [1.807, 2.05) is 18.2 Å². The molecule has 0 spiro atoms. The Morgan fingerprint density at radius 1 is 0.829 bits per heavy atom. The van der Waals surface area contributed by atoms with Gasteiger partial charge in [-0.15, -0.1) is 0 Å². The Morgan fingerprint density at radius 3 is 1.71 bits per heavy atom. The summed E-state index contributed by atoms with van der Waals surface area (Å²) in [7, 11) is 12.8. The molecule has 2 heterocycles. The van der Waals surface area contributed by atoms with Gasteiger partial charge in [-0.25, -0.2) is 0 Å². The van der Waals surface area contributed by atoms with Gasteiger partial charge in [-0.3, -0.25) is 0 Å². The van der Waals surface area contributed by atoms with Crippen LogP contribution < -0.4 is 10.6 Å². The Labute approximate surface area is 222 Å². The summed E-state index contributed by atoms with van der Waals surface area (Å²) in [5.74, 6) is 0. The predicted molar refractivity (Wildman–Crippen MR) is 150 cm³/mol. The first-order chi connectivity index (χ1) is 16.5. The van der Waals surface area contributed by atoms with E-state index in [2.05, 4.69) is 98.2 Å². The van der Waals surface area contributed by atoms with E-state index < -0.39 is 11.9 Å². The number of halogens is 2. The molecule has 1 aliphatic heterocycles. The van der Waals surface area contributed by atoms with Crippen molar-refractivity contribution in [3.63, 3.8) is 0 Å². The first kappa shape index (κ1) is 29.7. The summed E-state index contributed by atoms with van der Waals surface area (Å²) in [5, 5.41) is 6.43. The molecule has 2 N–H and O–H groups in total. The van der Waals surface area contributed by atoms with Crippen molar-refractivity contribution < 1.29 is 11.9 Å². The monoisotopic (exact) mass is 599 g/mol. The topological polar surface area (TPSA) is 37.0 Å². The number of pyridine rings is 1. The number of rotatable bonds is 3. The van der Waals surface area contributed by atoms with Gasteiger partial charge in [-0.1, -0.05) is 41.5 Å². The van der Waals surface area contributed by atoms with E-state index >= 15 is 0 Å². The molecular formula is C29H37Cl2N3Ru-2. The molecule has 4 rings (SSSR count). The molecule has 0 atom stereocenters. The van der Waals surface area contributed by atoms with E-state index in [-0.39, 0.29) is 0 Å². The van der Waals surface area contributed by atoms with Gasteiger partial charge in [0.15, 0.2) is 0 Å². The standard InChI is InChI=1S/2C9H11.C8H9N.C3H6N2.2ClH.Ru/c2*1-7-4-8(2)6-9(3)5-7;1-2-5-8-6-3-4-7-9-8;1-2-5-3-4-1;;;/h2*4-5H,1-3H3;1,3-4,6-7H,2,5H2;4-5H,1-2H2;2*1H;/q2*-1;;;;;+2/p-2. The molecule has 0 saturated carbocycles. The summed E-state index contributed by atoms with van der Waals surface area (Å²) in [6.45, 7) is 14.3. The molecule has 6 heteroatoms. The van der Waals surface area contributed by atoms with E-state index in [0.717, 1.165) is 36.0 Å². The zero-order chi connectivity index (χ0) is 25.8. The molecule has 0 unspecified atom stereocenters. The Kier molecular flexibility index (Phi) is 12.6. The van der Waals surface area contributed by atoms with Crippen LogP contribution in [-0.4, -0.2) is 27.0 Å². The van der Waals surface area contributed by atoms with Crippen molar-refractivity contribution >= 4 is 28.3 Å². The van der Waals surface area contributed by atoms with Crippen LogP contribution in [0.3, 0.4) is 0 Å². The fourth-order valence-electron chi connectivity index (χ4n) is 3.73. The number of hydrogen-bond donors (Lipinski definition) is 2. The second-order valence-corrected chi connectivity index (χ2v) is 18.2. The van der Waals surface area contributed by atoms with Crippen LogP contribution >= 0.6 is 19.4 Å². The van der Waals surface area contributed by atoms with E-state index in [4.69, 9.17) is 19.4 Å². The summed E-state index contributed by atoms with van der Waals surface area (Å²) in [6, 6.07) is 20.9. The summed E-state index contributed by atoms with van der Waals surface area (Å²) in [5.41, 5.74) is 8.64. The third kappa shape index (κ3) is 11.8. The van der Waals surface area contributed by atoms with E-state index in [1.54, 1.807) is 6.20 Å². The van der Waals surface area contributed by atoms with Crippen molar-refractivity contribution in [2.45, 2.75) is 54.4 Å². The average Bonchev–Trinajstić information content (AvgIpc) is 3.29. The molecule has 0 radical (unpaired) electrons. The molecule has 1 fully saturated rings. The van der Waals surface area contributed by atoms with Crippen molar-refractivity contribution in [1.82, 2.24) is 15.6 Å². The molecule has 3 nitrogen and oxygen atoms in total. The van der Waals surface area contributed by atoms with Gasteiger partial charge in [-0.05, 0) is 0 Å². The van der Waals surface area contributed by atoms with Crippen molar-refractivity contribution in [2.75, 3.05) is 13.1 Å². The van der Waals surface area contributed by atoms with Crippen LogP contribution in [0.4, 0.5) is 0 Å². The fraction of sp³-hybridized carbons (Fsp3) is 0.345. The van der Waals surface area contributed by atoms with Gasteiger partial charge in [0.1, 0.15) is 0 Å². The molecule has 1 aromatic heterocycles. The van der Waals surface area contributed by atoms with Crippen molar-refractivity contribution in [3.05, 3.63) is 99.9 Å². The summed E-state index contributed by atoms with van der Waals surface area (Å²) < 4.78 is 3.01. The molecule has 0 amide bonds. The first-order valence-electron chi connectivity index (χ1n) is 11.7. The van der Waals surface area contributed by atoms with Gasteiger partial charge in [0.25, 0.3) is 0 Å². The second kappa shape index (κ2) is 14.9.